The van der Waals surface area contributed by atoms with Crippen molar-refractivity contribution in [3.63, 3.8) is 0 Å². The maximum Gasteiger partial charge on any atom is 0.309 e. The second-order valence-electron chi connectivity index (χ2n) is 5.74. The van der Waals surface area contributed by atoms with Gasteiger partial charge in [0.2, 0.25) is 0 Å². The Kier molecular flexibility index (Phi) is 6.38. The fraction of sp³-hybridized carbons (Fsp3) is 0.294. The van der Waals surface area contributed by atoms with Gasteiger partial charge in [-0.1, -0.05) is 18.2 Å². The molecular formula is C17H21N3O4S2. The van der Waals surface area contributed by atoms with Gasteiger partial charge in [-0.25, -0.2) is 8.42 Å². The van der Waals surface area contributed by atoms with Gasteiger partial charge in [0.05, 0.1) is 0 Å². The van der Waals surface area contributed by atoms with E-state index in [1.54, 1.807) is 23.6 Å². The number of hydrogen-bond donors (Lipinski definition) is 2. The Labute approximate surface area is 156 Å². The van der Waals surface area contributed by atoms with E-state index in [0.717, 1.165) is 17.0 Å². The van der Waals surface area contributed by atoms with Gasteiger partial charge in [-0.15, -0.1) is 11.3 Å². The van der Waals surface area contributed by atoms with E-state index in [9.17, 15) is 18.0 Å². The van der Waals surface area contributed by atoms with Crippen molar-refractivity contribution in [1.29, 1.82) is 0 Å². The first-order valence-corrected chi connectivity index (χ1v) is 10.2. The number of thiophene rings is 1. The standard InChI is InChI=1S/C17H21N3O4S2/c1-18-16(21)17(22)19-11-14(26(23,24)15-5-4-10-25-15)12-6-8-13(9-7-12)20(2)3/h4-10,14H,11H2,1-3H3,(H,18,21)(H,19,22)/t14-/m1/s1. The topological polar surface area (TPSA) is 95.6 Å². The average Bonchev–Trinajstić information content (AvgIpc) is 3.16. The molecule has 0 aliphatic rings. The monoisotopic (exact) mass is 395 g/mol. The fourth-order valence-electron chi connectivity index (χ4n) is 2.34. The minimum absolute atomic E-state index is 0.201. The summed E-state index contributed by atoms with van der Waals surface area (Å²) in [7, 11) is 1.40. The minimum Gasteiger partial charge on any atom is -0.378 e. The second kappa shape index (κ2) is 8.33. The molecule has 2 rings (SSSR count). The first-order chi connectivity index (χ1) is 12.3. The predicted molar refractivity (Wildman–Crippen MR) is 102 cm³/mol. The highest BCUT2D eigenvalue weighted by Gasteiger charge is 2.31. The van der Waals surface area contributed by atoms with Crippen LogP contribution in [0.1, 0.15) is 10.8 Å². The third kappa shape index (κ3) is 4.41. The molecule has 0 aliphatic carbocycles. The molecule has 0 aliphatic heterocycles. The second-order valence-corrected chi connectivity index (χ2v) is 9.05. The third-order valence-corrected chi connectivity index (χ3v) is 7.34. The summed E-state index contributed by atoms with van der Waals surface area (Å²) in [6.07, 6.45) is 0. The molecule has 0 unspecified atom stereocenters. The number of carbonyl (C=O) groups is 2. The summed E-state index contributed by atoms with van der Waals surface area (Å²) in [5.74, 6) is -1.69. The summed E-state index contributed by atoms with van der Waals surface area (Å²) in [6.45, 7) is -0.201. The van der Waals surface area contributed by atoms with E-state index in [4.69, 9.17) is 0 Å². The number of carbonyl (C=O) groups excluding carboxylic acids is 2. The quantitative estimate of drug-likeness (QED) is 0.717. The number of nitrogens with one attached hydrogen (secondary N) is 2. The van der Waals surface area contributed by atoms with Gasteiger partial charge in [-0.05, 0) is 29.1 Å². The van der Waals surface area contributed by atoms with E-state index in [0.29, 0.717) is 5.56 Å². The van der Waals surface area contributed by atoms with Gasteiger partial charge in [0.1, 0.15) is 9.46 Å². The molecular weight excluding hydrogens is 374 g/mol. The Balaban J connectivity index is 2.35. The van der Waals surface area contributed by atoms with Crippen molar-refractivity contribution in [1.82, 2.24) is 10.6 Å². The van der Waals surface area contributed by atoms with E-state index >= 15 is 0 Å². The van der Waals surface area contributed by atoms with Crippen molar-refractivity contribution >= 4 is 38.7 Å². The van der Waals surface area contributed by atoms with Crippen molar-refractivity contribution < 1.29 is 18.0 Å². The lowest BCUT2D eigenvalue weighted by atomic mass is 10.1. The Morgan fingerprint density at radius 2 is 1.77 bits per heavy atom. The van der Waals surface area contributed by atoms with Crippen molar-refractivity contribution in [2.24, 2.45) is 0 Å². The van der Waals surface area contributed by atoms with E-state index in [2.05, 4.69) is 10.6 Å². The molecule has 9 heteroatoms. The maximum atomic E-state index is 13.0. The van der Waals surface area contributed by atoms with Crippen molar-refractivity contribution in [2.75, 3.05) is 32.6 Å². The largest absolute Gasteiger partial charge is 0.378 e. The van der Waals surface area contributed by atoms with Crippen molar-refractivity contribution in [3.8, 4) is 0 Å². The molecule has 2 amide bonds. The fourth-order valence-corrected chi connectivity index (χ4v) is 5.21. The lowest BCUT2D eigenvalue weighted by Crippen LogP contribution is -2.40. The highest BCUT2D eigenvalue weighted by molar-refractivity contribution is 7.93. The maximum absolute atomic E-state index is 13.0. The predicted octanol–water partition coefficient (Wildman–Crippen LogP) is 1.19. The van der Waals surface area contributed by atoms with Gasteiger partial charge >= 0.3 is 11.8 Å². The molecule has 2 aromatic rings. The van der Waals surface area contributed by atoms with Crippen LogP contribution in [0.2, 0.25) is 0 Å². The van der Waals surface area contributed by atoms with Gasteiger partial charge in [0, 0.05) is 33.4 Å². The molecule has 1 aromatic heterocycles. The zero-order chi connectivity index (χ0) is 19.3. The Morgan fingerprint density at radius 3 is 2.27 bits per heavy atom. The summed E-state index contributed by atoms with van der Waals surface area (Å²) >= 11 is 1.12. The van der Waals surface area contributed by atoms with Crippen molar-refractivity contribution in [2.45, 2.75) is 9.46 Å². The van der Waals surface area contributed by atoms with Gasteiger partial charge in [-0.3, -0.25) is 9.59 Å². The molecule has 0 fully saturated rings. The molecule has 1 atom stereocenters. The lowest BCUT2D eigenvalue weighted by molar-refractivity contribution is -0.138. The van der Waals surface area contributed by atoms with Crippen LogP contribution >= 0.6 is 11.3 Å². The molecule has 0 saturated carbocycles. The van der Waals surface area contributed by atoms with Crippen LogP contribution in [0.25, 0.3) is 0 Å². The molecule has 140 valence electrons. The molecule has 0 saturated heterocycles. The molecule has 7 nitrogen and oxygen atoms in total. The van der Waals surface area contributed by atoms with Gasteiger partial charge in [-0.2, -0.15) is 0 Å². The van der Waals surface area contributed by atoms with Crippen LogP contribution in [0, 0.1) is 0 Å². The van der Waals surface area contributed by atoms with E-state index < -0.39 is 26.9 Å². The lowest BCUT2D eigenvalue weighted by Gasteiger charge is -2.19. The Bertz CT molecular complexity index is 860. The molecule has 0 radical (unpaired) electrons. The number of amides is 2. The Hall–Kier alpha value is -2.39. The first kappa shape index (κ1) is 19.9. The normalized spacial score (nSPS) is 12.3. The number of benzene rings is 1. The number of nitrogens with zero attached hydrogens (tertiary/aromatic N) is 1. The molecule has 0 bridgehead atoms. The number of sulfone groups is 1. The van der Waals surface area contributed by atoms with E-state index in [1.165, 1.54) is 13.1 Å². The van der Waals surface area contributed by atoms with Crippen LogP contribution in [0.5, 0.6) is 0 Å². The molecule has 0 spiro atoms. The number of likely N-dealkylation sites (N-methyl/N-ethyl adjacent to an activating group) is 1. The van der Waals surface area contributed by atoms with Crippen molar-refractivity contribution in [3.05, 3.63) is 47.3 Å². The van der Waals surface area contributed by atoms with Crippen LogP contribution in [0.3, 0.4) is 0 Å². The zero-order valence-electron chi connectivity index (χ0n) is 14.7. The van der Waals surface area contributed by atoms with Gasteiger partial charge < -0.3 is 15.5 Å². The van der Waals surface area contributed by atoms with Crippen LogP contribution < -0.4 is 15.5 Å². The first-order valence-electron chi connectivity index (χ1n) is 7.82. The van der Waals surface area contributed by atoms with E-state index in [-0.39, 0.29) is 10.8 Å². The number of anilines is 1. The molecule has 1 heterocycles. The highest BCUT2D eigenvalue weighted by atomic mass is 32.2. The third-order valence-electron chi connectivity index (χ3n) is 3.81. The summed E-state index contributed by atoms with van der Waals surface area (Å²) < 4.78 is 26.2. The van der Waals surface area contributed by atoms with Gasteiger partial charge in [0.25, 0.3) is 0 Å². The molecule has 1 aromatic carbocycles. The average molecular weight is 396 g/mol. The number of hydrogen-bond acceptors (Lipinski definition) is 6. The Morgan fingerprint density at radius 1 is 1.12 bits per heavy atom. The van der Waals surface area contributed by atoms with E-state index in [1.807, 2.05) is 31.1 Å². The minimum atomic E-state index is -3.71. The summed E-state index contributed by atoms with van der Waals surface area (Å²) in [5.41, 5.74) is 1.47. The highest BCUT2D eigenvalue weighted by Crippen LogP contribution is 2.32. The summed E-state index contributed by atoms with van der Waals surface area (Å²) in [4.78, 5) is 25.0. The van der Waals surface area contributed by atoms with Crippen LogP contribution in [0.4, 0.5) is 5.69 Å². The SMILES string of the molecule is CNC(=O)C(=O)NC[C@H](c1ccc(N(C)C)cc1)S(=O)(=O)c1cccs1. The molecule has 2 N–H and O–H groups in total. The molecule has 26 heavy (non-hydrogen) atoms. The van der Waals surface area contributed by atoms with Gasteiger partial charge in [0.15, 0.2) is 9.84 Å². The van der Waals surface area contributed by atoms with Crippen LogP contribution in [0.15, 0.2) is 46.0 Å². The smallest absolute Gasteiger partial charge is 0.309 e. The summed E-state index contributed by atoms with van der Waals surface area (Å²) in [5, 5.41) is 5.30. The number of rotatable bonds is 6. The van der Waals surface area contributed by atoms with Crippen LogP contribution in [-0.2, 0) is 19.4 Å². The summed E-state index contributed by atoms with van der Waals surface area (Å²) in [6, 6.07) is 10.3. The zero-order valence-corrected chi connectivity index (χ0v) is 16.4. The van der Waals surface area contributed by atoms with Crippen LogP contribution in [-0.4, -0.2) is 47.9 Å².